The quantitative estimate of drug-likeness (QED) is 0.777. The minimum absolute atomic E-state index is 0.288. The number of sulfonamides is 1. The standard InChI is InChI=1S/C11H18N2O4S/c1-12(2)7-8-5-9(14)11(15)10(6-8)18(16,17)13(3)4/h5-6,14-15H,7H2,1-4H3. The van der Waals surface area contributed by atoms with Gasteiger partial charge in [0.15, 0.2) is 11.5 Å². The fourth-order valence-corrected chi connectivity index (χ4v) is 2.54. The molecule has 0 saturated carbocycles. The lowest BCUT2D eigenvalue weighted by Crippen LogP contribution is -2.22. The summed E-state index contributed by atoms with van der Waals surface area (Å²) in [4.78, 5) is 1.54. The first-order valence-corrected chi connectivity index (χ1v) is 6.72. The summed E-state index contributed by atoms with van der Waals surface area (Å²) in [6, 6.07) is 2.72. The normalized spacial score (nSPS) is 12.3. The molecule has 0 aliphatic rings. The van der Waals surface area contributed by atoms with Crippen molar-refractivity contribution in [3.8, 4) is 11.5 Å². The van der Waals surface area contributed by atoms with Crippen LogP contribution in [0.4, 0.5) is 0 Å². The Morgan fingerprint density at radius 3 is 2.11 bits per heavy atom. The third kappa shape index (κ3) is 2.92. The summed E-state index contributed by atoms with van der Waals surface area (Å²) in [5.74, 6) is -1.05. The molecule has 0 aliphatic heterocycles. The average molecular weight is 274 g/mol. The van der Waals surface area contributed by atoms with Crippen molar-refractivity contribution in [2.24, 2.45) is 0 Å². The molecule has 102 valence electrons. The molecule has 0 aromatic heterocycles. The fourth-order valence-electron chi connectivity index (χ4n) is 1.50. The van der Waals surface area contributed by atoms with Crippen LogP contribution in [0.5, 0.6) is 11.5 Å². The number of nitrogens with zero attached hydrogens (tertiary/aromatic N) is 2. The molecule has 2 N–H and O–H groups in total. The zero-order valence-corrected chi connectivity index (χ0v) is 11.7. The summed E-state index contributed by atoms with van der Waals surface area (Å²) in [6.07, 6.45) is 0. The lowest BCUT2D eigenvalue weighted by Gasteiger charge is -2.16. The summed E-state index contributed by atoms with van der Waals surface area (Å²) in [6.45, 7) is 0.462. The Morgan fingerprint density at radius 2 is 1.67 bits per heavy atom. The highest BCUT2D eigenvalue weighted by molar-refractivity contribution is 7.89. The van der Waals surface area contributed by atoms with Crippen molar-refractivity contribution in [2.75, 3.05) is 28.2 Å². The predicted octanol–water partition coefficient (Wildman–Crippen LogP) is 0.410. The minimum Gasteiger partial charge on any atom is -0.504 e. The van der Waals surface area contributed by atoms with Crippen molar-refractivity contribution < 1.29 is 18.6 Å². The van der Waals surface area contributed by atoms with Crippen LogP contribution in [0.15, 0.2) is 17.0 Å². The minimum atomic E-state index is -3.78. The molecule has 0 amide bonds. The molecule has 7 heteroatoms. The Morgan fingerprint density at radius 1 is 1.11 bits per heavy atom. The van der Waals surface area contributed by atoms with Crippen LogP contribution in [-0.2, 0) is 16.6 Å². The third-order valence-corrected chi connectivity index (χ3v) is 4.20. The molecule has 1 aromatic carbocycles. The largest absolute Gasteiger partial charge is 0.504 e. The van der Waals surface area contributed by atoms with Crippen LogP contribution >= 0.6 is 0 Å². The van der Waals surface area contributed by atoms with E-state index in [-0.39, 0.29) is 4.90 Å². The Hall–Kier alpha value is -1.31. The highest BCUT2D eigenvalue weighted by Crippen LogP contribution is 2.34. The van der Waals surface area contributed by atoms with Gasteiger partial charge in [-0.05, 0) is 31.8 Å². The molecule has 0 aliphatic carbocycles. The van der Waals surface area contributed by atoms with E-state index in [2.05, 4.69) is 0 Å². The maximum atomic E-state index is 12.0. The number of phenols is 2. The smallest absolute Gasteiger partial charge is 0.246 e. The Labute approximate surface area is 107 Å². The van der Waals surface area contributed by atoms with Gasteiger partial charge in [0.05, 0.1) is 0 Å². The number of hydrogen-bond acceptors (Lipinski definition) is 5. The summed E-state index contributed by atoms with van der Waals surface area (Å²) >= 11 is 0. The number of hydrogen-bond donors (Lipinski definition) is 2. The molecular weight excluding hydrogens is 256 g/mol. The molecule has 0 bridgehead atoms. The average Bonchev–Trinajstić information content (AvgIpc) is 2.21. The van der Waals surface area contributed by atoms with Crippen molar-refractivity contribution in [3.63, 3.8) is 0 Å². The van der Waals surface area contributed by atoms with Crippen LogP contribution in [0.2, 0.25) is 0 Å². The van der Waals surface area contributed by atoms with Gasteiger partial charge in [0.1, 0.15) is 4.90 Å². The first kappa shape index (κ1) is 14.7. The summed E-state index contributed by atoms with van der Waals surface area (Å²) in [5, 5.41) is 19.3. The molecule has 0 unspecified atom stereocenters. The van der Waals surface area contributed by atoms with Crippen LogP contribution in [0.1, 0.15) is 5.56 Å². The van der Waals surface area contributed by atoms with Crippen LogP contribution in [0, 0.1) is 0 Å². The maximum absolute atomic E-state index is 12.0. The molecule has 1 rings (SSSR count). The number of phenolic OH excluding ortho intramolecular Hbond substituents is 2. The topological polar surface area (TPSA) is 81.1 Å². The highest BCUT2D eigenvalue weighted by atomic mass is 32.2. The van der Waals surface area contributed by atoms with Crippen LogP contribution < -0.4 is 0 Å². The van der Waals surface area contributed by atoms with Gasteiger partial charge in [0, 0.05) is 20.6 Å². The Kier molecular flexibility index (Phi) is 4.20. The SMILES string of the molecule is CN(C)Cc1cc(O)c(O)c(S(=O)(=O)N(C)C)c1. The summed E-state index contributed by atoms with van der Waals surface area (Å²) < 4.78 is 25.0. The molecule has 6 nitrogen and oxygen atoms in total. The van der Waals surface area contributed by atoms with Crippen molar-refractivity contribution in [1.29, 1.82) is 0 Å². The molecule has 0 saturated heterocycles. The van der Waals surface area contributed by atoms with Gasteiger partial charge >= 0.3 is 0 Å². The lowest BCUT2D eigenvalue weighted by molar-refractivity contribution is 0.381. The van der Waals surface area contributed by atoms with Gasteiger partial charge in [-0.1, -0.05) is 0 Å². The zero-order valence-electron chi connectivity index (χ0n) is 10.9. The van der Waals surface area contributed by atoms with E-state index >= 15 is 0 Å². The fraction of sp³-hybridized carbons (Fsp3) is 0.455. The van der Waals surface area contributed by atoms with Gasteiger partial charge in [-0.25, -0.2) is 12.7 Å². The van der Waals surface area contributed by atoms with Crippen molar-refractivity contribution in [1.82, 2.24) is 9.21 Å². The summed E-state index contributed by atoms with van der Waals surface area (Å²) in [7, 11) is 2.59. The third-order valence-electron chi connectivity index (χ3n) is 2.37. The van der Waals surface area contributed by atoms with Crippen molar-refractivity contribution in [3.05, 3.63) is 17.7 Å². The second-order valence-corrected chi connectivity index (χ2v) is 6.61. The first-order chi connectivity index (χ1) is 8.16. The van der Waals surface area contributed by atoms with Crippen LogP contribution in [-0.4, -0.2) is 56.0 Å². The molecule has 0 heterocycles. The van der Waals surface area contributed by atoms with E-state index in [4.69, 9.17) is 0 Å². The van der Waals surface area contributed by atoms with Crippen LogP contribution in [0.3, 0.4) is 0 Å². The molecule has 0 radical (unpaired) electrons. The van der Waals surface area contributed by atoms with E-state index in [0.29, 0.717) is 12.1 Å². The van der Waals surface area contributed by atoms with Crippen molar-refractivity contribution >= 4 is 10.0 Å². The molecule has 18 heavy (non-hydrogen) atoms. The second kappa shape index (κ2) is 5.13. The zero-order chi connectivity index (χ0) is 14.1. The molecule has 1 aromatic rings. The Bertz CT molecular complexity index is 538. The van der Waals surface area contributed by atoms with Gasteiger partial charge in [-0.15, -0.1) is 0 Å². The van der Waals surface area contributed by atoms with E-state index in [9.17, 15) is 18.6 Å². The summed E-state index contributed by atoms with van der Waals surface area (Å²) in [5.41, 5.74) is 0.607. The Balaban J connectivity index is 3.40. The number of rotatable bonds is 4. The van der Waals surface area contributed by atoms with Gasteiger partial charge in [0.25, 0.3) is 0 Å². The van der Waals surface area contributed by atoms with Crippen LogP contribution in [0.25, 0.3) is 0 Å². The van der Waals surface area contributed by atoms with E-state index in [1.54, 1.807) is 0 Å². The second-order valence-electron chi connectivity index (χ2n) is 4.49. The first-order valence-electron chi connectivity index (χ1n) is 5.28. The van der Waals surface area contributed by atoms with E-state index in [1.807, 2.05) is 19.0 Å². The lowest BCUT2D eigenvalue weighted by atomic mass is 10.2. The number of aromatic hydroxyl groups is 2. The van der Waals surface area contributed by atoms with Crippen molar-refractivity contribution in [2.45, 2.75) is 11.4 Å². The highest BCUT2D eigenvalue weighted by Gasteiger charge is 2.24. The van der Waals surface area contributed by atoms with E-state index in [1.165, 1.54) is 26.2 Å². The predicted molar refractivity (Wildman–Crippen MR) is 68.0 cm³/mol. The molecular formula is C11H18N2O4S. The maximum Gasteiger partial charge on any atom is 0.246 e. The van der Waals surface area contributed by atoms with Gasteiger partial charge in [0.2, 0.25) is 10.0 Å². The van der Waals surface area contributed by atoms with Gasteiger partial charge in [-0.3, -0.25) is 0 Å². The monoisotopic (exact) mass is 274 g/mol. The van der Waals surface area contributed by atoms with Gasteiger partial charge < -0.3 is 15.1 Å². The van der Waals surface area contributed by atoms with E-state index in [0.717, 1.165) is 4.31 Å². The molecule has 0 spiro atoms. The van der Waals surface area contributed by atoms with Gasteiger partial charge in [-0.2, -0.15) is 0 Å². The molecule has 0 fully saturated rings. The number of benzene rings is 1. The van der Waals surface area contributed by atoms with E-state index < -0.39 is 21.5 Å². The molecule has 0 atom stereocenters.